The van der Waals surface area contributed by atoms with E-state index in [2.05, 4.69) is 30.6 Å². The van der Waals surface area contributed by atoms with Crippen LogP contribution in [0.2, 0.25) is 0 Å². The Balaban J connectivity index is 3.10. The van der Waals surface area contributed by atoms with Crippen LogP contribution in [0.5, 0.6) is 0 Å². The minimum Gasteiger partial charge on any atom is -0.242 e. The highest BCUT2D eigenvalue weighted by Crippen LogP contribution is 2.21. The quantitative estimate of drug-likeness (QED) is 0.569. The zero-order chi connectivity index (χ0) is 9.68. The highest BCUT2D eigenvalue weighted by molar-refractivity contribution is 5.54. The van der Waals surface area contributed by atoms with E-state index in [1.807, 2.05) is 12.1 Å². The third-order valence-corrected chi connectivity index (χ3v) is 2.17. The molecule has 3 heteroatoms. The predicted molar refractivity (Wildman–Crippen MR) is 54.6 cm³/mol. The van der Waals surface area contributed by atoms with Gasteiger partial charge in [0.25, 0.3) is 0 Å². The summed E-state index contributed by atoms with van der Waals surface area (Å²) in [6, 6.07) is 5.89. The van der Waals surface area contributed by atoms with Crippen molar-refractivity contribution in [3.05, 3.63) is 34.2 Å². The molecule has 1 rings (SSSR count). The molecule has 0 aliphatic rings. The molecule has 0 atom stereocenters. The van der Waals surface area contributed by atoms with Gasteiger partial charge >= 0.3 is 0 Å². The Kier molecular flexibility index (Phi) is 3.43. The van der Waals surface area contributed by atoms with Gasteiger partial charge in [0, 0.05) is 0 Å². The van der Waals surface area contributed by atoms with Gasteiger partial charge in [-0.05, 0) is 30.0 Å². The summed E-state index contributed by atoms with van der Waals surface area (Å²) in [5, 5.41) is 2.69. The number of anilines is 1. The molecule has 1 aromatic rings. The topological polar surface area (TPSA) is 41.5 Å². The molecular weight excluding hydrogens is 164 g/mol. The first kappa shape index (κ1) is 9.71. The SMILES string of the molecule is CCc1cccc(NN=O)c1CC. The Morgan fingerprint density at radius 2 is 2.08 bits per heavy atom. The van der Waals surface area contributed by atoms with Crippen molar-refractivity contribution in [3.8, 4) is 0 Å². The highest BCUT2D eigenvalue weighted by Gasteiger charge is 2.04. The molecule has 1 aromatic carbocycles. The van der Waals surface area contributed by atoms with Crippen LogP contribution in [-0.4, -0.2) is 0 Å². The second-order valence-electron chi connectivity index (χ2n) is 2.85. The van der Waals surface area contributed by atoms with Crippen LogP contribution in [0.15, 0.2) is 23.5 Å². The lowest BCUT2D eigenvalue weighted by Crippen LogP contribution is -1.97. The fourth-order valence-electron chi connectivity index (χ4n) is 1.54. The van der Waals surface area contributed by atoms with Crippen molar-refractivity contribution in [2.45, 2.75) is 26.7 Å². The summed E-state index contributed by atoms with van der Waals surface area (Å²) in [5.41, 5.74) is 5.76. The minimum atomic E-state index is 0.830. The first-order valence-corrected chi connectivity index (χ1v) is 4.52. The van der Waals surface area contributed by atoms with E-state index in [-0.39, 0.29) is 0 Å². The summed E-state index contributed by atoms with van der Waals surface area (Å²) in [4.78, 5) is 10.1. The lowest BCUT2D eigenvalue weighted by molar-refractivity contribution is 1.03. The third kappa shape index (κ3) is 2.05. The third-order valence-electron chi connectivity index (χ3n) is 2.17. The zero-order valence-corrected chi connectivity index (χ0v) is 8.00. The molecule has 0 radical (unpaired) electrons. The van der Waals surface area contributed by atoms with Crippen molar-refractivity contribution in [3.63, 3.8) is 0 Å². The average Bonchev–Trinajstić information content (AvgIpc) is 2.18. The molecule has 0 fully saturated rings. The fourth-order valence-corrected chi connectivity index (χ4v) is 1.54. The lowest BCUT2D eigenvalue weighted by Gasteiger charge is -2.09. The fraction of sp³-hybridized carbons (Fsp3) is 0.400. The summed E-state index contributed by atoms with van der Waals surface area (Å²) in [6.45, 7) is 4.18. The summed E-state index contributed by atoms with van der Waals surface area (Å²) in [7, 11) is 0. The van der Waals surface area contributed by atoms with E-state index in [4.69, 9.17) is 0 Å². The Morgan fingerprint density at radius 3 is 2.62 bits per heavy atom. The van der Waals surface area contributed by atoms with Gasteiger partial charge in [-0.1, -0.05) is 26.0 Å². The second kappa shape index (κ2) is 4.60. The van der Waals surface area contributed by atoms with Gasteiger partial charge in [0.05, 0.1) is 11.0 Å². The van der Waals surface area contributed by atoms with Crippen LogP contribution in [0.3, 0.4) is 0 Å². The van der Waals surface area contributed by atoms with Crippen LogP contribution < -0.4 is 5.43 Å². The van der Waals surface area contributed by atoms with E-state index in [0.717, 1.165) is 18.5 Å². The van der Waals surface area contributed by atoms with E-state index in [1.165, 1.54) is 11.1 Å². The first-order chi connectivity index (χ1) is 6.33. The van der Waals surface area contributed by atoms with Crippen LogP contribution >= 0.6 is 0 Å². The van der Waals surface area contributed by atoms with Crippen LogP contribution in [0, 0.1) is 4.91 Å². The molecule has 0 amide bonds. The number of hydrogen-bond acceptors (Lipinski definition) is 2. The second-order valence-corrected chi connectivity index (χ2v) is 2.85. The Labute approximate surface area is 78.1 Å². The highest BCUT2D eigenvalue weighted by atomic mass is 16.3. The minimum absolute atomic E-state index is 0.830. The van der Waals surface area contributed by atoms with Gasteiger partial charge in [0.15, 0.2) is 0 Å². The molecule has 0 aliphatic heterocycles. The van der Waals surface area contributed by atoms with E-state index < -0.39 is 0 Å². The number of aryl methyl sites for hydroxylation is 1. The van der Waals surface area contributed by atoms with Crippen molar-refractivity contribution in [2.75, 3.05) is 5.43 Å². The molecule has 70 valence electrons. The van der Waals surface area contributed by atoms with Crippen LogP contribution in [0.25, 0.3) is 0 Å². The molecule has 0 unspecified atom stereocenters. The first-order valence-electron chi connectivity index (χ1n) is 4.52. The smallest absolute Gasteiger partial charge is 0.0628 e. The molecule has 0 spiro atoms. The average molecular weight is 178 g/mol. The van der Waals surface area contributed by atoms with Crippen molar-refractivity contribution in [2.24, 2.45) is 5.29 Å². The molecule has 13 heavy (non-hydrogen) atoms. The lowest BCUT2D eigenvalue weighted by atomic mass is 10.0. The van der Waals surface area contributed by atoms with E-state index in [9.17, 15) is 4.91 Å². The van der Waals surface area contributed by atoms with E-state index >= 15 is 0 Å². The number of rotatable bonds is 4. The molecular formula is C10H14N2O. The maximum Gasteiger partial charge on any atom is 0.0628 e. The van der Waals surface area contributed by atoms with Crippen molar-refractivity contribution in [1.82, 2.24) is 0 Å². The van der Waals surface area contributed by atoms with Gasteiger partial charge in [-0.25, -0.2) is 5.43 Å². The summed E-state index contributed by atoms with van der Waals surface area (Å²) in [5.74, 6) is 0. The molecule has 0 heterocycles. The van der Waals surface area contributed by atoms with E-state index in [0.29, 0.717) is 0 Å². The Bertz CT molecular complexity index is 297. The van der Waals surface area contributed by atoms with Gasteiger partial charge in [-0.15, -0.1) is 4.91 Å². The van der Waals surface area contributed by atoms with Crippen LogP contribution in [-0.2, 0) is 12.8 Å². The van der Waals surface area contributed by atoms with Gasteiger partial charge in [0.2, 0.25) is 0 Å². The van der Waals surface area contributed by atoms with Crippen LogP contribution in [0.1, 0.15) is 25.0 Å². The predicted octanol–water partition coefficient (Wildman–Crippen LogP) is 2.90. The Morgan fingerprint density at radius 1 is 1.31 bits per heavy atom. The molecule has 3 nitrogen and oxygen atoms in total. The van der Waals surface area contributed by atoms with Gasteiger partial charge < -0.3 is 0 Å². The van der Waals surface area contributed by atoms with Crippen molar-refractivity contribution in [1.29, 1.82) is 0 Å². The van der Waals surface area contributed by atoms with Gasteiger partial charge in [-0.2, -0.15) is 0 Å². The number of nitrogens with zero attached hydrogens (tertiary/aromatic N) is 1. The van der Waals surface area contributed by atoms with Crippen molar-refractivity contribution < 1.29 is 0 Å². The zero-order valence-electron chi connectivity index (χ0n) is 8.00. The molecule has 1 N–H and O–H groups in total. The number of benzene rings is 1. The molecule has 0 bridgehead atoms. The maximum atomic E-state index is 10.1. The largest absolute Gasteiger partial charge is 0.242 e. The molecule has 0 saturated heterocycles. The Hall–Kier alpha value is -1.38. The number of nitrogens with one attached hydrogen (secondary N) is 1. The molecule has 0 saturated carbocycles. The van der Waals surface area contributed by atoms with Gasteiger partial charge in [0.1, 0.15) is 0 Å². The summed E-state index contributed by atoms with van der Waals surface area (Å²) in [6.07, 6.45) is 1.90. The number of hydrogen-bond donors (Lipinski definition) is 1. The molecule has 0 aromatic heterocycles. The van der Waals surface area contributed by atoms with Crippen LogP contribution in [0.4, 0.5) is 5.69 Å². The number of nitroso groups, excluding NO2 is 1. The van der Waals surface area contributed by atoms with Crippen molar-refractivity contribution >= 4 is 5.69 Å². The van der Waals surface area contributed by atoms with E-state index in [1.54, 1.807) is 0 Å². The van der Waals surface area contributed by atoms with Gasteiger partial charge in [-0.3, -0.25) is 0 Å². The molecule has 0 aliphatic carbocycles. The summed E-state index contributed by atoms with van der Waals surface area (Å²) < 4.78 is 0. The normalized spacial score (nSPS) is 9.69. The summed E-state index contributed by atoms with van der Waals surface area (Å²) >= 11 is 0. The maximum absolute atomic E-state index is 10.1. The standard InChI is InChI=1S/C10H14N2O/c1-3-8-6-5-7-10(11-12-13)9(8)4-2/h5-7H,3-4H2,1-2H3,(H,11,13). The monoisotopic (exact) mass is 178 g/mol.